The molecule has 5 nitrogen and oxygen atoms in total. The molecule has 3 rings (SSSR count). The molecule has 1 saturated carbocycles. The molecule has 0 aliphatic heterocycles. The summed E-state index contributed by atoms with van der Waals surface area (Å²) in [5.74, 6) is 0.327. The van der Waals surface area contributed by atoms with Crippen LogP contribution in [0.3, 0.4) is 0 Å². The number of nitrogens with zero attached hydrogens (tertiary/aromatic N) is 2. The van der Waals surface area contributed by atoms with Crippen LogP contribution in [0.25, 0.3) is 0 Å². The predicted octanol–water partition coefficient (Wildman–Crippen LogP) is 2.67. The summed E-state index contributed by atoms with van der Waals surface area (Å²) in [6.45, 7) is 0. The lowest BCUT2D eigenvalue weighted by molar-refractivity contribution is 0.102. The van der Waals surface area contributed by atoms with Gasteiger partial charge in [-0.25, -0.2) is 4.98 Å². The molecule has 0 spiro atoms. The summed E-state index contributed by atoms with van der Waals surface area (Å²) in [6, 6.07) is 1.60. The van der Waals surface area contributed by atoms with E-state index in [9.17, 15) is 4.79 Å². The second-order valence-corrected chi connectivity index (χ2v) is 5.13. The Labute approximate surface area is 120 Å². The molecular formula is C12H13ClN4OS. The molecule has 0 bridgehead atoms. The van der Waals surface area contributed by atoms with E-state index in [1.54, 1.807) is 12.3 Å². The van der Waals surface area contributed by atoms with E-state index in [2.05, 4.69) is 15.3 Å². The highest BCUT2D eigenvalue weighted by atomic mass is 35.5. The molecule has 100 valence electrons. The number of amides is 1. The number of rotatable bonds is 3. The van der Waals surface area contributed by atoms with Crippen molar-refractivity contribution in [2.75, 3.05) is 11.1 Å². The zero-order valence-corrected chi connectivity index (χ0v) is 11.6. The minimum atomic E-state index is -0.266. The van der Waals surface area contributed by atoms with Gasteiger partial charge in [0.05, 0.1) is 11.3 Å². The lowest BCUT2D eigenvalue weighted by atomic mass is 10.2. The van der Waals surface area contributed by atoms with E-state index in [1.165, 1.54) is 30.4 Å². The van der Waals surface area contributed by atoms with E-state index in [1.807, 2.05) is 5.38 Å². The topological polar surface area (TPSA) is 80.9 Å². The van der Waals surface area contributed by atoms with Gasteiger partial charge in [-0.05, 0) is 18.9 Å². The maximum Gasteiger partial charge on any atom is 0.261 e. The summed E-state index contributed by atoms with van der Waals surface area (Å²) in [6.07, 6.45) is 5.42. The molecule has 0 atom stereocenters. The highest BCUT2D eigenvalue weighted by molar-refractivity contribution is 7.14. The van der Waals surface area contributed by atoms with Crippen LogP contribution < -0.4 is 11.1 Å². The Morgan fingerprint density at radius 2 is 2.26 bits per heavy atom. The smallest absolute Gasteiger partial charge is 0.261 e. The first kappa shape index (κ1) is 13.8. The second kappa shape index (κ2) is 5.54. The van der Waals surface area contributed by atoms with Gasteiger partial charge < -0.3 is 5.73 Å². The van der Waals surface area contributed by atoms with Crippen LogP contribution in [0.1, 0.15) is 34.8 Å². The fourth-order valence-electron chi connectivity index (χ4n) is 1.67. The van der Waals surface area contributed by atoms with Crippen molar-refractivity contribution in [2.24, 2.45) is 0 Å². The highest BCUT2D eigenvalue weighted by Gasteiger charge is 2.26. The number of aromatic nitrogens is 2. The van der Waals surface area contributed by atoms with Gasteiger partial charge in [0.15, 0.2) is 5.13 Å². The molecule has 2 heterocycles. The van der Waals surface area contributed by atoms with Crippen molar-refractivity contribution in [2.45, 2.75) is 18.8 Å². The minimum absolute atomic E-state index is 0. The fourth-order valence-corrected chi connectivity index (χ4v) is 2.46. The Morgan fingerprint density at radius 3 is 2.95 bits per heavy atom. The molecule has 0 saturated heterocycles. The number of nitrogen functional groups attached to an aromatic ring is 1. The lowest BCUT2D eigenvalue weighted by Crippen LogP contribution is -2.14. The Balaban J connectivity index is 0.00000133. The fraction of sp³-hybridized carbons (Fsp3) is 0.250. The van der Waals surface area contributed by atoms with Gasteiger partial charge in [0.2, 0.25) is 0 Å². The van der Waals surface area contributed by atoms with E-state index >= 15 is 0 Å². The van der Waals surface area contributed by atoms with Crippen LogP contribution in [-0.4, -0.2) is 15.9 Å². The average molecular weight is 297 g/mol. The number of halogens is 1. The third-order valence-electron chi connectivity index (χ3n) is 2.84. The number of pyridine rings is 1. The molecule has 1 fully saturated rings. The zero-order valence-electron chi connectivity index (χ0n) is 10.00. The van der Waals surface area contributed by atoms with E-state index in [-0.39, 0.29) is 18.3 Å². The van der Waals surface area contributed by atoms with Gasteiger partial charge in [0.25, 0.3) is 5.91 Å². The van der Waals surface area contributed by atoms with Crippen LogP contribution in [0.2, 0.25) is 0 Å². The van der Waals surface area contributed by atoms with Crippen molar-refractivity contribution in [3.63, 3.8) is 0 Å². The number of thiazole rings is 1. The number of anilines is 2. The van der Waals surface area contributed by atoms with Gasteiger partial charge in [-0.3, -0.25) is 15.1 Å². The molecular weight excluding hydrogens is 284 g/mol. The molecule has 0 radical (unpaired) electrons. The molecule has 7 heteroatoms. The van der Waals surface area contributed by atoms with Crippen LogP contribution in [-0.2, 0) is 0 Å². The summed E-state index contributed by atoms with van der Waals surface area (Å²) in [7, 11) is 0. The first-order valence-corrected chi connectivity index (χ1v) is 6.58. The number of hydrogen-bond donors (Lipinski definition) is 2. The van der Waals surface area contributed by atoms with Crippen molar-refractivity contribution in [3.05, 3.63) is 35.1 Å². The zero-order chi connectivity index (χ0) is 12.5. The van der Waals surface area contributed by atoms with Gasteiger partial charge in [-0.1, -0.05) is 0 Å². The molecule has 2 aromatic rings. The average Bonchev–Trinajstić information content (AvgIpc) is 3.11. The van der Waals surface area contributed by atoms with Crippen LogP contribution in [0.4, 0.5) is 10.8 Å². The quantitative estimate of drug-likeness (QED) is 0.912. The number of nitrogens with one attached hydrogen (secondary N) is 1. The number of carbonyl (C=O) groups is 1. The lowest BCUT2D eigenvalue weighted by Gasteiger charge is -2.03. The Hall–Kier alpha value is -1.66. The molecule has 0 unspecified atom stereocenters. The SMILES string of the molecule is Cl.Nc1ccncc1C(=O)Nc1nc(C2CC2)cs1. The monoisotopic (exact) mass is 296 g/mol. The summed E-state index contributed by atoms with van der Waals surface area (Å²) in [4.78, 5) is 20.3. The first-order valence-electron chi connectivity index (χ1n) is 5.70. The Bertz CT molecular complexity index is 597. The summed E-state index contributed by atoms with van der Waals surface area (Å²) >= 11 is 1.44. The van der Waals surface area contributed by atoms with Gasteiger partial charge in [0.1, 0.15) is 0 Å². The van der Waals surface area contributed by atoms with Crippen LogP contribution >= 0.6 is 23.7 Å². The first-order chi connectivity index (χ1) is 8.74. The van der Waals surface area contributed by atoms with E-state index < -0.39 is 0 Å². The Kier molecular flexibility index (Phi) is 4.01. The third-order valence-corrected chi connectivity index (χ3v) is 3.61. The summed E-state index contributed by atoms with van der Waals surface area (Å²) in [5.41, 5.74) is 7.59. The van der Waals surface area contributed by atoms with Crippen molar-refractivity contribution >= 4 is 40.5 Å². The van der Waals surface area contributed by atoms with E-state index in [0.29, 0.717) is 22.3 Å². The van der Waals surface area contributed by atoms with Gasteiger partial charge in [-0.2, -0.15) is 0 Å². The standard InChI is InChI=1S/C12H12N4OS.ClH/c13-9-3-4-14-5-8(9)11(17)16-12-15-10(6-18-12)7-1-2-7;/h3-7H,1-2H2,(H2,13,14)(H,15,16,17);1H. The maximum absolute atomic E-state index is 12.0. The third kappa shape index (κ3) is 3.02. The molecule has 19 heavy (non-hydrogen) atoms. The van der Waals surface area contributed by atoms with Crippen molar-refractivity contribution in [3.8, 4) is 0 Å². The van der Waals surface area contributed by atoms with Gasteiger partial charge in [-0.15, -0.1) is 23.7 Å². The van der Waals surface area contributed by atoms with Crippen molar-refractivity contribution in [1.82, 2.24) is 9.97 Å². The number of hydrogen-bond acceptors (Lipinski definition) is 5. The van der Waals surface area contributed by atoms with E-state index in [0.717, 1.165) is 5.69 Å². The molecule has 2 aromatic heterocycles. The number of carbonyl (C=O) groups excluding carboxylic acids is 1. The molecule has 1 aliphatic rings. The molecule has 1 amide bonds. The minimum Gasteiger partial charge on any atom is -0.398 e. The predicted molar refractivity (Wildman–Crippen MR) is 77.9 cm³/mol. The summed E-state index contributed by atoms with van der Waals surface area (Å²) in [5, 5.41) is 5.37. The van der Waals surface area contributed by atoms with Crippen LogP contribution in [0, 0.1) is 0 Å². The van der Waals surface area contributed by atoms with Gasteiger partial charge in [0, 0.05) is 29.4 Å². The van der Waals surface area contributed by atoms with Crippen LogP contribution in [0.15, 0.2) is 23.8 Å². The maximum atomic E-state index is 12.0. The number of nitrogens with two attached hydrogens (primary N) is 1. The largest absolute Gasteiger partial charge is 0.398 e. The second-order valence-electron chi connectivity index (χ2n) is 4.27. The highest BCUT2D eigenvalue weighted by Crippen LogP contribution is 2.40. The van der Waals surface area contributed by atoms with Crippen molar-refractivity contribution in [1.29, 1.82) is 0 Å². The van der Waals surface area contributed by atoms with Gasteiger partial charge >= 0.3 is 0 Å². The summed E-state index contributed by atoms with van der Waals surface area (Å²) < 4.78 is 0. The van der Waals surface area contributed by atoms with Crippen molar-refractivity contribution < 1.29 is 4.79 Å². The van der Waals surface area contributed by atoms with Crippen LogP contribution in [0.5, 0.6) is 0 Å². The molecule has 0 aromatic carbocycles. The normalized spacial score (nSPS) is 13.7. The molecule has 1 aliphatic carbocycles. The molecule has 3 N–H and O–H groups in total. The Morgan fingerprint density at radius 1 is 1.47 bits per heavy atom. The van der Waals surface area contributed by atoms with E-state index in [4.69, 9.17) is 5.73 Å².